The van der Waals surface area contributed by atoms with Gasteiger partial charge in [0.05, 0.1) is 22.9 Å². The smallest absolute Gasteiger partial charge is 0.255 e. The van der Waals surface area contributed by atoms with Gasteiger partial charge in [-0.1, -0.05) is 11.6 Å². The van der Waals surface area contributed by atoms with Gasteiger partial charge in [0.1, 0.15) is 5.75 Å². The second-order valence-corrected chi connectivity index (χ2v) is 7.28. The minimum absolute atomic E-state index is 0.00757. The Morgan fingerprint density at radius 1 is 1.58 bits per heavy atom. The molecule has 0 bridgehead atoms. The Hall–Kier alpha value is -1.54. The molecule has 2 unspecified atom stereocenters. The van der Waals surface area contributed by atoms with Crippen LogP contribution in [-0.4, -0.2) is 55.1 Å². The molecular weight excluding hydrogens is 358 g/mol. The van der Waals surface area contributed by atoms with E-state index in [1.165, 1.54) is 5.06 Å². The van der Waals surface area contributed by atoms with Crippen LogP contribution in [0, 0.1) is 0 Å². The highest BCUT2D eigenvalue weighted by Crippen LogP contribution is 2.38. The zero-order valence-corrected chi connectivity index (χ0v) is 15.7. The number of nitrogens with two attached hydrogens (primary N) is 1. The van der Waals surface area contributed by atoms with E-state index in [4.69, 9.17) is 26.8 Å². The maximum Gasteiger partial charge on any atom is 0.255 e. The summed E-state index contributed by atoms with van der Waals surface area (Å²) in [5.41, 5.74) is 7.72. The van der Waals surface area contributed by atoms with E-state index in [0.29, 0.717) is 61.0 Å². The lowest BCUT2D eigenvalue weighted by atomic mass is 9.95. The molecule has 4 N–H and O–H groups in total. The highest BCUT2D eigenvalue weighted by molar-refractivity contribution is 6.33. The number of halogens is 1. The topological polar surface area (TPSA) is 97.0 Å². The van der Waals surface area contributed by atoms with Crippen molar-refractivity contribution in [3.63, 3.8) is 0 Å². The maximum absolute atomic E-state index is 12.8. The Kier molecular flexibility index (Phi) is 6.24. The van der Waals surface area contributed by atoms with Gasteiger partial charge in [-0.05, 0) is 31.7 Å². The van der Waals surface area contributed by atoms with E-state index >= 15 is 0 Å². The number of hydroxylamine groups is 2. The molecule has 2 aliphatic rings. The summed E-state index contributed by atoms with van der Waals surface area (Å²) in [4.78, 5) is 12.8. The molecule has 0 saturated carbocycles. The summed E-state index contributed by atoms with van der Waals surface area (Å²) in [5, 5.41) is 14.9. The van der Waals surface area contributed by atoms with Crippen LogP contribution in [0.1, 0.15) is 41.6 Å². The van der Waals surface area contributed by atoms with Crippen molar-refractivity contribution in [3.05, 3.63) is 22.2 Å². The number of fused-ring (bicyclic) bond motifs is 1. The Morgan fingerprint density at radius 3 is 3.15 bits per heavy atom. The quantitative estimate of drug-likeness (QED) is 0.515. The van der Waals surface area contributed by atoms with Crippen LogP contribution in [0.3, 0.4) is 0 Å². The molecule has 0 radical (unpaired) electrons. The van der Waals surface area contributed by atoms with Crippen molar-refractivity contribution in [2.24, 2.45) is 0 Å². The molecule has 0 aromatic heterocycles. The van der Waals surface area contributed by atoms with Gasteiger partial charge in [-0.15, -0.1) is 0 Å². The molecule has 1 saturated heterocycles. The molecule has 1 aromatic carbocycles. The third kappa shape index (κ3) is 4.06. The number of amides is 1. The molecule has 2 heterocycles. The minimum Gasteiger partial charge on any atom is -0.492 e. The van der Waals surface area contributed by atoms with Gasteiger partial charge >= 0.3 is 0 Å². The number of nitrogens with one attached hydrogen (secondary N) is 1. The molecule has 8 heteroatoms. The van der Waals surface area contributed by atoms with Gasteiger partial charge in [-0.2, -0.15) is 5.06 Å². The largest absolute Gasteiger partial charge is 0.492 e. The Balaban J connectivity index is 1.67. The van der Waals surface area contributed by atoms with Gasteiger partial charge in [-0.25, -0.2) is 0 Å². The highest BCUT2D eigenvalue weighted by Gasteiger charge is 2.30. The lowest BCUT2D eigenvalue weighted by Gasteiger charge is -2.35. The number of piperidine rings is 1. The van der Waals surface area contributed by atoms with E-state index in [-0.39, 0.29) is 18.0 Å². The second kappa shape index (κ2) is 8.43. The van der Waals surface area contributed by atoms with Crippen molar-refractivity contribution in [1.82, 2.24) is 10.4 Å². The van der Waals surface area contributed by atoms with Crippen LogP contribution < -0.4 is 15.8 Å². The standard InChI is InChI=1S/C18H26ClN3O4/c1-25-7-2-3-12-9-11(4-6-22(12)24)21-18(23)14-10-15(19)16(20)13-5-8-26-17(13)14/h10-12,24H,2-9,20H2,1H3,(H,21,23). The Labute approximate surface area is 158 Å². The Bertz CT molecular complexity index is 670. The van der Waals surface area contributed by atoms with Crippen LogP contribution in [0.2, 0.25) is 5.02 Å². The van der Waals surface area contributed by atoms with Gasteiger partial charge in [0.25, 0.3) is 5.91 Å². The minimum atomic E-state index is -0.211. The normalized spacial score (nSPS) is 22.7. The second-order valence-electron chi connectivity index (χ2n) is 6.87. The predicted molar refractivity (Wildman–Crippen MR) is 98.9 cm³/mol. The van der Waals surface area contributed by atoms with Crippen LogP contribution in [0.25, 0.3) is 0 Å². The van der Waals surface area contributed by atoms with E-state index in [0.717, 1.165) is 18.4 Å². The van der Waals surface area contributed by atoms with Crippen molar-refractivity contribution < 1.29 is 19.5 Å². The molecule has 2 atom stereocenters. The summed E-state index contributed by atoms with van der Waals surface area (Å²) in [5.74, 6) is 0.331. The van der Waals surface area contributed by atoms with Crippen molar-refractivity contribution in [3.8, 4) is 5.75 Å². The van der Waals surface area contributed by atoms with Crippen LogP contribution in [-0.2, 0) is 11.2 Å². The van der Waals surface area contributed by atoms with E-state index in [1.807, 2.05) is 0 Å². The fourth-order valence-corrected chi connectivity index (χ4v) is 3.92. The number of hydrogen-bond donors (Lipinski definition) is 3. The molecule has 2 aliphatic heterocycles. The first kappa shape index (κ1) is 19.2. The third-order valence-corrected chi connectivity index (χ3v) is 5.43. The average Bonchev–Trinajstić information content (AvgIpc) is 3.11. The molecular formula is C18H26ClN3O4. The van der Waals surface area contributed by atoms with Crippen molar-refractivity contribution >= 4 is 23.2 Å². The van der Waals surface area contributed by atoms with Gasteiger partial charge in [0.15, 0.2) is 0 Å². The van der Waals surface area contributed by atoms with E-state index in [2.05, 4.69) is 5.32 Å². The summed E-state index contributed by atoms with van der Waals surface area (Å²) >= 11 is 6.19. The lowest BCUT2D eigenvalue weighted by molar-refractivity contribution is -0.148. The first-order valence-corrected chi connectivity index (χ1v) is 9.38. The molecule has 0 aliphatic carbocycles. The zero-order valence-electron chi connectivity index (χ0n) is 15.0. The molecule has 1 aromatic rings. The van der Waals surface area contributed by atoms with Crippen LogP contribution >= 0.6 is 11.6 Å². The summed E-state index contributed by atoms with van der Waals surface area (Å²) in [6.07, 6.45) is 3.73. The molecule has 1 fully saturated rings. The first-order valence-electron chi connectivity index (χ1n) is 9.00. The van der Waals surface area contributed by atoms with Gasteiger partial charge in [0, 0.05) is 44.3 Å². The SMILES string of the molecule is COCCCC1CC(NC(=O)c2cc(Cl)c(N)c3c2OCC3)CCN1O. The number of carbonyl (C=O) groups excluding carboxylic acids is 1. The monoisotopic (exact) mass is 383 g/mol. The van der Waals surface area contributed by atoms with Crippen molar-refractivity contribution in [1.29, 1.82) is 0 Å². The number of methoxy groups -OCH3 is 1. The number of nitrogen functional groups attached to an aromatic ring is 1. The molecule has 144 valence electrons. The number of nitrogens with zero attached hydrogens (tertiary/aromatic N) is 1. The summed E-state index contributed by atoms with van der Waals surface area (Å²) in [6, 6.07) is 1.58. The van der Waals surface area contributed by atoms with Gasteiger partial charge in [-0.3, -0.25) is 4.79 Å². The zero-order chi connectivity index (χ0) is 18.7. The average molecular weight is 384 g/mol. The number of carbonyl (C=O) groups is 1. The van der Waals surface area contributed by atoms with E-state index < -0.39 is 0 Å². The molecule has 1 amide bonds. The summed E-state index contributed by atoms with van der Waals surface area (Å²) in [6.45, 7) is 1.69. The van der Waals surface area contributed by atoms with Crippen molar-refractivity contribution in [2.75, 3.05) is 32.6 Å². The van der Waals surface area contributed by atoms with Crippen LogP contribution in [0.4, 0.5) is 5.69 Å². The summed E-state index contributed by atoms with van der Waals surface area (Å²) < 4.78 is 10.7. The predicted octanol–water partition coefficient (Wildman–Crippen LogP) is 2.24. The number of anilines is 1. The summed E-state index contributed by atoms with van der Waals surface area (Å²) in [7, 11) is 1.67. The third-order valence-electron chi connectivity index (χ3n) is 5.12. The highest BCUT2D eigenvalue weighted by atomic mass is 35.5. The molecule has 26 heavy (non-hydrogen) atoms. The van der Waals surface area contributed by atoms with E-state index in [9.17, 15) is 10.0 Å². The van der Waals surface area contributed by atoms with E-state index in [1.54, 1.807) is 13.2 Å². The fraction of sp³-hybridized carbons (Fsp3) is 0.611. The number of rotatable bonds is 6. The fourth-order valence-electron chi connectivity index (χ4n) is 3.70. The molecule has 3 rings (SSSR count). The van der Waals surface area contributed by atoms with Gasteiger partial charge < -0.3 is 25.7 Å². The van der Waals surface area contributed by atoms with Crippen LogP contribution in [0.15, 0.2) is 6.07 Å². The van der Waals surface area contributed by atoms with Crippen LogP contribution in [0.5, 0.6) is 5.75 Å². The molecule has 0 spiro atoms. The number of hydrogen-bond acceptors (Lipinski definition) is 6. The number of benzene rings is 1. The first-order chi connectivity index (χ1) is 12.5. The number of ether oxygens (including phenoxy) is 2. The Morgan fingerprint density at radius 2 is 2.38 bits per heavy atom. The maximum atomic E-state index is 12.8. The van der Waals surface area contributed by atoms with Gasteiger partial charge in [0.2, 0.25) is 0 Å². The molecule has 7 nitrogen and oxygen atoms in total. The lowest BCUT2D eigenvalue weighted by Crippen LogP contribution is -2.48. The van der Waals surface area contributed by atoms with Crippen molar-refractivity contribution in [2.45, 2.75) is 44.2 Å².